The van der Waals surface area contributed by atoms with Crippen molar-refractivity contribution in [1.82, 2.24) is 15.3 Å². The van der Waals surface area contributed by atoms with Crippen molar-refractivity contribution in [3.8, 4) is 11.6 Å². The van der Waals surface area contributed by atoms with Crippen LogP contribution in [-0.2, 0) is 6.61 Å². The summed E-state index contributed by atoms with van der Waals surface area (Å²) in [5.41, 5.74) is 1.59. The molecule has 0 aliphatic carbocycles. The second-order valence-corrected chi connectivity index (χ2v) is 6.70. The van der Waals surface area contributed by atoms with Crippen molar-refractivity contribution < 1.29 is 14.3 Å². The molecule has 0 atom stereocenters. The Hall–Kier alpha value is -2.84. The van der Waals surface area contributed by atoms with Gasteiger partial charge in [0.2, 0.25) is 5.88 Å². The van der Waals surface area contributed by atoms with Crippen LogP contribution in [0.3, 0.4) is 0 Å². The van der Waals surface area contributed by atoms with Crippen molar-refractivity contribution >= 4 is 35.0 Å². The Labute approximate surface area is 178 Å². The Morgan fingerprint density at radius 2 is 2.21 bits per heavy atom. The van der Waals surface area contributed by atoms with Crippen LogP contribution in [-0.4, -0.2) is 41.5 Å². The Morgan fingerprint density at radius 1 is 1.41 bits per heavy atom. The summed E-state index contributed by atoms with van der Waals surface area (Å²) in [6.07, 6.45) is 6.20. The Bertz CT molecular complexity index is 934. The highest BCUT2D eigenvalue weighted by atomic mass is 35.5. The van der Waals surface area contributed by atoms with Crippen molar-refractivity contribution in [2.45, 2.75) is 11.8 Å². The topological polar surface area (TPSA) is 85.7 Å². The normalized spacial score (nSPS) is 10.9. The molecule has 0 spiro atoms. The molecule has 9 heteroatoms. The molecule has 0 bridgehead atoms. The molecule has 29 heavy (non-hydrogen) atoms. The molecule has 1 aromatic carbocycles. The number of carbonyl (C=O) groups excluding carboxylic acids is 1. The van der Waals surface area contributed by atoms with Gasteiger partial charge in [0.1, 0.15) is 17.9 Å². The molecule has 152 valence electrons. The smallest absolute Gasteiger partial charge is 0.258 e. The molecule has 7 nitrogen and oxygen atoms in total. The maximum Gasteiger partial charge on any atom is 0.258 e. The van der Waals surface area contributed by atoms with Gasteiger partial charge in [-0.25, -0.2) is 4.98 Å². The molecule has 0 saturated heterocycles. The first-order valence-electron chi connectivity index (χ1n) is 8.46. The molecular weight excluding hydrogens is 412 g/mol. The maximum absolute atomic E-state index is 12.6. The average molecular weight is 433 g/mol. The lowest BCUT2D eigenvalue weighted by Crippen LogP contribution is -2.29. The van der Waals surface area contributed by atoms with E-state index in [1.54, 1.807) is 25.3 Å². The van der Waals surface area contributed by atoms with Gasteiger partial charge in [-0.15, -0.1) is 0 Å². The van der Waals surface area contributed by atoms with Gasteiger partial charge in [-0.05, 0) is 30.0 Å². The largest absolute Gasteiger partial charge is 0.495 e. The number of hydrogen-bond donors (Lipinski definition) is 1. The minimum atomic E-state index is -0.390. The predicted molar refractivity (Wildman–Crippen MR) is 116 cm³/mol. The number of carbonyl (C=O) groups is 1. The number of halogens is 1. The van der Waals surface area contributed by atoms with E-state index in [0.717, 1.165) is 5.56 Å². The van der Waals surface area contributed by atoms with Crippen LogP contribution in [0.5, 0.6) is 11.6 Å². The summed E-state index contributed by atoms with van der Waals surface area (Å²) in [5, 5.41) is 3.70. The van der Waals surface area contributed by atoms with Crippen LogP contribution in [0, 0.1) is 0 Å². The second kappa shape index (κ2) is 11.2. The van der Waals surface area contributed by atoms with Gasteiger partial charge in [0, 0.05) is 12.4 Å². The average Bonchev–Trinajstić information content (AvgIpc) is 2.74. The first-order chi connectivity index (χ1) is 14.0. The minimum absolute atomic E-state index is 0.171. The van der Waals surface area contributed by atoms with Gasteiger partial charge in [-0.3, -0.25) is 9.79 Å². The lowest BCUT2D eigenvalue weighted by molar-refractivity contribution is 0.0953. The third-order valence-electron chi connectivity index (χ3n) is 3.67. The first-order valence-corrected chi connectivity index (χ1v) is 10.1. The SMILES string of the molecule is C=C/N=C(\C=C)CNC(=O)c1cnc(SC)nc1OCc1ccc(OC)c(Cl)c1. The highest BCUT2D eigenvalue weighted by molar-refractivity contribution is 7.98. The van der Waals surface area contributed by atoms with Crippen molar-refractivity contribution in [3.63, 3.8) is 0 Å². The van der Waals surface area contributed by atoms with Crippen molar-refractivity contribution in [2.24, 2.45) is 4.99 Å². The molecule has 1 aromatic heterocycles. The van der Waals surface area contributed by atoms with Gasteiger partial charge < -0.3 is 14.8 Å². The van der Waals surface area contributed by atoms with Gasteiger partial charge >= 0.3 is 0 Å². The zero-order valence-corrected chi connectivity index (χ0v) is 17.7. The Morgan fingerprint density at radius 3 is 2.83 bits per heavy atom. The van der Waals surface area contributed by atoms with Gasteiger partial charge in [-0.2, -0.15) is 4.98 Å². The number of hydrogen-bond acceptors (Lipinski definition) is 7. The number of nitrogens with zero attached hydrogens (tertiary/aromatic N) is 3. The van der Waals surface area contributed by atoms with E-state index in [-0.39, 0.29) is 30.5 Å². The van der Waals surface area contributed by atoms with Crippen molar-refractivity contribution in [3.05, 3.63) is 66.0 Å². The summed E-state index contributed by atoms with van der Waals surface area (Å²) in [5.74, 6) is 0.357. The number of ether oxygens (including phenoxy) is 2. The number of aromatic nitrogens is 2. The fraction of sp³-hybridized carbons (Fsp3) is 0.200. The third-order valence-corrected chi connectivity index (χ3v) is 4.53. The maximum atomic E-state index is 12.6. The summed E-state index contributed by atoms with van der Waals surface area (Å²) < 4.78 is 10.9. The predicted octanol–water partition coefficient (Wildman–Crippen LogP) is 3.94. The third kappa shape index (κ3) is 6.33. The van der Waals surface area contributed by atoms with E-state index in [2.05, 4.69) is 33.4 Å². The highest BCUT2D eigenvalue weighted by Gasteiger charge is 2.17. The zero-order chi connectivity index (χ0) is 21.2. The number of rotatable bonds is 10. The molecule has 0 fully saturated rings. The van der Waals surface area contributed by atoms with Crippen LogP contribution in [0.4, 0.5) is 0 Å². The molecule has 0 radical (unpaired) electrons. The van der Waals surface area contributed by atoms with Crippen LogP contribution >= 0.6 is 23.4 Å². The molecule has 2 aromatic rings. The lowest BCUT2D eigenvalue weighted by atomic mass is 10.2. The summed E-state index contributed by atoms with van der Waals surface area (Å²) in [6.45, 7) is 7.54. The van der Waals surface area contributed by atoms with Crippen LogP contribution in [0.15, 0.2) is 60.0 Å². The number of thioether (sulfide) groups is 1. The van der Waals surface area contributed by atoms with Gasteiger partial charge in [0.05, 0.1) is 24.4 Å². The molecule has 0 unspecified atom stereocenters. The standard InChI is InChI=1S/C20H21ClN4O3S/c1-5-14(22-6-2)10-23-18(26)15-11-24-20(29-4)25-19(15)28-12-13-7-8-17(27-3)16(21)9-13/h5-9,11H,1-2,10,12H2,3-4H3,(H,23,26)/b22-14+. The van der Waals surface area contributed by atoms with E-state index in [0.29, 0.717) is 21.6 Å². The Kier molecular flexibility index (Phi) is 8.69. The number of nitrogens with one attached hydrogen (secondary N) is 1. The van der Waals surface area contributed by atoms with E-state index in [9.17, 15) is 4.79 Å². The summed E-state index contributed by atoms with van der Waals surface area (Å²) in [4.78, 5) is 25.1. The molecule has 0 saturated carbocycles. The van der Waals surface area contributed by atoms with Gasteiger partial charge in [0.15, 0.2) is 5.16 Å². The molecule has 1 amide bonds. The summed E-state index contributed by atoms with van der Waals surface area (Å²) in [7, 11) is 1.55. The lowest BCUT2D eigenvalue weighted by Gasteiger charge is -2.12. The van der Waals surface area contributed by atoms with Crippen LogP contribution < -0.4 is 14.8 Å². The van der Waals surface area contributed by atoms with E-state index >= 15 is 0 Å². The number of benzene rings is 1. The first kappa shape index (κ1) is 22.4. The zero-order valence-electron chi connectivity index (χ0n) is 16.1. The number of methoxy groups -OCH3 is 1. The quantitative estimate of drug-likeness (QED) is 0.347. The summed E-state index contributed by atoms with van der Waals surface area (Å²) >= 11 is 7.50. The fourth-order valence-corrected chi connectivity index (χ4v) is 2.83. The highest BCUT2D eigenvalue weighted by Crippen LogP contribution is 2.26. The molecule has 2 rings (SSSR count). The van der Waals surface area contributed by atoms with E-state index in [1.165, 1.54) is 24.2 Å². The fourth-order valence-electron chi connectivity index (χ4n) is 2.22. The van der Waals surface area contributed by atoms with Crippen LogP contribution in [0.2, 0.25) is 5.02 Å². The van der Waals surface area contributed by atoms with Crippen molar-refractivity contribution in [1.29, 1.82) is 0 Å². The van der Waals surface area contributed by atoms with Crippen molar-refractivity contribution in [2.75, 3.05) is 19.9 Å². The second-order valence-electron chi connectivity index (χ2n) is 5.52. The van der Waals surface area contributed by atoms with Gasteiger partial charge in [-0.1, -0.05) is 42.6 Å². The minimum Gasteiger partial charge on any atom is -0.495 e. The molecular formula is C20H21ClN4O3S. The van der Waals surface area contributed by atoms with E-state index < -0.39 is 0 Å². The van der Waals surface area contributed by atoms with Crippen LogP contribution in [0.25, 0.3) is 0 Å². The molecule has 1 heterocycles. The monoisotopic (exact) mass is 432 g/mol. The van der Waals surface area contributed by atoms with E-state index in [1.807, 2.05) is 12.3 Å². The Balaban J connectivity index is 2.18. The van der Waals surface area contributed by atoms with E-state index in [4.69, 9.17) is 21.1 Å². The molecule has 1 N–H and O–H groups in total. The molecule has 0 aliphatic rings. The van der Waals surface area contributed by atoms with Gasteiger partial charge in [0.25, 0.3) is 5.91 Å². The number of aliphatic imine (C=N–C) groups is 1. The summed E-state index contributed by atoms with van der Waals surface area (Å²) in [6, 6.07) is 5.31. The number of amides is 1. The van der Waals surface area contributed by atoms with Crippen LogP contribution in [0.1, 0.15) is 15.9 Å². The molecule has 0 aliphatic heterocycles.